The molecule has 1 aromatic carbocycles. The van der Waals surface area contributed by atoms with Gasteiger partial charge in [-0.25, -0.2) is 4.39 Å². The molecule has 0 unspecified atom stereocenters. The Morgan fingerprint density at radius 2 is 2.12 bits per heavy atom. The van der Waals surface area contributed by atoms with Crippen LogP contribution in [0.15, 0.2) is 18.2 Å². The fraction of sp³-hybridized carbons (Fsp3) is 0.538. The molecule has 96 valence electrons. The quantitative estimate of drug-likeness (QED) is 0.754. The van der Waals surface area contributed by atoms with Crippen molar-refractivity contribution in [1.29, 1.82) is 0 Å². The van der Waals surface area contributed by atoms with Gasteiger partial charge in [-0.1, -0.05) is 0 Å². The van der Waals surface area contributed by atoms with Crippen molar-refractivity contribution in [1.82, 2.24) is 4.90 Å². The zero-order valence-corrected chi connectivity index (χ0v) is 11.3. The van der Waals surface area contributed by atoms with Gasteiger partial charge in [-0.05, 0) is 55.9 Å². The molecule has 0 N–H and O–H groups in total. The molecule has 0 aliphatic carbocycles. The van der Waals surface area contributed by atoms with Crippen LogP contribution in [-0.4, -0.2) is 37.9 Å². The molecular weight excluding hydrogens is 237 g/mol. The Balaban J connectivity index is 2.52. The van der Waals surface area contributed by atoms with Gasteiger partial charge in [0.1, 0.15) is 11.6 Å². The first-order valence-corrected chi connectivity index (χ1v) is 6.42. The highest BCUT2D eigenvalue weighted by molar-refractivity contribution is 7.80. The van der Waals surface area contributed by atoms with Gasteiger partial charge < -0.3 is 9.64 Å². The van der Waals surface area contributed by atoms with Gasteiger partial charge in [0.25, 0.3) is 0 Å². The van der Waals surface area contributed by atoms with Crippen LogP contribution in [0.3, 0.4) is 0 Å². The summed E-state index contributed by atoms with van der Waals surface area (Å²) in [5.41, 5.74) is 0.922. The van der Waals surface area contributed by atoms with E-state index in [1.165, 1.54) is 6.07 Å². The van der Waals surface area contributed by atoms with E-state index in [-0.39, 0.29) is 5.82 Å². The number of hydrogen-bond acceptors (Lipinski definition) is 3. The lowest BCUT2D eigenvalue weighted by molar-refractivity contribution is 0.336. The van der Waals surface area contributed by atoms with E-state index in [2.05, 4.69) is 24.6 Å². The molecule has 0 aliphatic rings. The number of halogens is 1. The fourth-order valence-electron chi connectivity index (χ4n) is 1.71. The number of rotatable bonds is 7. The van der Waals surface area contributed by atoms with E-state index in [4.69, 9.17) is 4.74 Å². The Kier molecular flexibility index (Phi) is 6.37. The van der Waals surface area contributed by atoms with Gasteiger partial charge in [-0.3, -0.25) is 0 Å². The average molecular weight is 257 g/mol. The van der Waals surface area contributed by atoms with Gasteiger partial charge >= 0.3 is 0 Å². The number of hydrogen-bond donors (Lipinski definition) is 1. The van der Waals surface area contributed by atoms with Crippen LogP contribution in [0, 0.1) is 5.82 Å². The SMILES string of the molecule is COc1ccc(F)cc1CCN(C)CCCS. The van der Waals surface area contributed by atoms with Gasteiger partial charge in [0, 0.05) is 6.54 Å². The third-order valence-corrected chi connectivity index (χ3v) is 3.02. The second-order valence-corrected chi connectivity index (χ2v) is 4.53. The molecule has 0 fully saturated rings. The van der Waals surface area contributed by atoms with E-state index >= 15 is 0 Å². The third-order valence-electron chi connectivity index (χ3n) is 2.70. The molecule has 1 rings (SSSR count). The Morgan fingerprint density at radius 3 is 2.76 bits per heavy atom. The lowest BCUT2D eigenvalue weighted by Gasteiger charge is -2.16. The smallest absolute Gasteiger partial charge is 0.123 e. The summed E-state index contributed by atoms with van der Waals surface area (Å²) in [5, 5.41) is 0. The molecule has 0 bridgehead atoms. The second kappa shape index (κ2) is 7.56. The van der Waals surface area contributed by atoms with E-state index in [9.17, 15) is 4.39 Å². The zero-order chi connectivity index (χ0) is 12.7. The number of methoxy groups -OCH3 is 1. The number of benzene rings is 1. The van der Waals surface area contributed by atoms with Gasteiger partial charge in [-0.15, -0.1) is 0 Å². The topological polar surface area (TPSA) is 12.5 Å². The summed E-state index contributed by atoms with van der Waals surface area (Å²) in [4.78, 5) is 2.22. The van der Waals surface area contributed by atoms with Gasteiger partial charge in [0.2, 0.25) is 0 Å². The van der Waals surface area contributed by atoms with E-state index in [1.54, 1.807) is 19.2 Å². The molecule has 0 atom stereocenters. The van der Waals surface area contributed by atoms with Crippen molar-refractivity contribution in [2.75, 3.05) is 33.0 Å². The largest absolute Gasteiger partial charge is 0.496 e. The van der Waals surface area contributed by atoms with Crippen LogP contribution in [0.25, 0.3) is 0 Å². The zero-order valence-electron chi connectivity index (χ0n) is 10.4. The van der Waals surface area contributed by atoms with Crippen molar-refractivity contribution in [2.24, 2.45) is 0 Å². The predicted molar refractivity (Wildman–Crippen MR) is 72.6 cm³/mol. The Labute approximate surface area is 108 Å². The van der Waals surface area contributed by atoms with Crippen molar-refractivity contribution >= 4 is 12.6 Å². The first kappa shape index (κ1) is 14.3. The summed E-state index contributed by atoms with van der Waals surface area (Å²) in [6, 6.07) is 4.65. The lowest BCUT2D eigenvalue weighted by Crippen LogP contribution is -2.22. The molecule has 4 heteroatoms. The van der Waals surface area contributed by atoms with Crippen LogP contribution in [0.5, 0.6) is 5.75 Å². The van der Waals surface area contributed by atoms with Gasteiger partial charge in [0.15, 0.2) is 0 Å². The van der Waals surface area contributed by atoms with Crippen LogP contribution in [0.1, 0.15) is 12.0 Å². The molecular formula is C13H20FNOS. The van der Waals surface area contributed by atoms with E-state index in [1.807, 2.05) is 0 Å². The number of thiol groups is 1. The molecule has 1 aromatic rings. The highest BCUT2D eigenvalue weighted by Crippen LogP contribution is 2.19. The molecule has 0 heterocycles. The first-order chi connectivity index (χ1) is 8.17. The van der Waals surface area contributed by atoms with Gasteiger partial charge in [-0.2, -0.15) is 12.6 Å². The third kappa shape index (κ3) is 4.96. The van der Waals surface area contributed by atoms with Crippen molar-refractivity contribution in [3.63, 3.8) is 0 Å². The van der Waals surface area contributed by atoms with Crippen molar-refractivity contribution in [2.45, 2.75) is 12.8 Å². The summed E-state index contributed by atoms with van der Waals surface area (Å²) in [6.07, 6.45) is 1.86. The standard InChI is InChI=1S/C13H20FNOS/c1-15(7-3-9-17)8-6-11-10-12(14)4-5-13(11)16-2/h4-5,10,17H,3,6-9H2,1-2H3. The lowest BCUT2D eigenvalue weighted by atomic mass is 10.1. The number of ether oxygens (including phenoxy) is 1. The minimum atomic E-state index is -0.209. The molecule has 0 saturated heterocycles. The predicted octanol–water partition coefficient (Wildman–Crippen LogP) is 2.63. The number of likely N-dealkylation sites (N-methyl/N-ethyl adjacent to an activating group) is 1. The second-order valence-electron chi connectivity index (χ2n) is 4.09. The van der Waals surface area contributed by atoms with Crippen molar-refractivity contribution in [3.8, 4) is 5.75 Å². The Bertz CT molecular complexity index is 346. The van der Waals surface area contributed by atoms with Crippen molar-refractivity contribution < 1.29 is 9.13 Å². The van der Waals surface area contributed by atoms with Crippen LogP contribution in [0.2, 0.25) is 0 Å². The molecule has 0 amide bonds. The van der Waals surface area contributed by atoms with Crippen LogP contribution in [-0.2, 0) is 6.42 Å². The normalized spacial score (nSPS) is 10.9. The van der Waals surface area contributed by atoms with Crippen LogP contribution >= 0.6 is 12.6 Å². The van der Waals surface area contributed by atoms with Gasteiger partial charge in [0.05, 0.1) is 7.11 Å². The van der Waals surface area contributed by atoms with E-state index in [0.29, 0.717) is 0 Å². The summed E-state index contributed by atoms with van der Waals surface area (Å²) < 4.78 is 18.3. The maximum Gasteiger partial charge on any atom is 0.123 e. The monoisotopic (exact) mass is 257 g/mol. The summed E-state index contributed by atoms with van der Waals surface area (Å²) in [7, 11) is 3.68. The summed E-state index contributed by atoms with van der Waals surface area (Å²) in [6.45, 7) is 1.91. The maximum absolute atomic E-state index is 13.1. The minimum absolute atomic E-state index is 0.209. The molecule has 0 spiro atoms. The summed E-state index contributed by atoms with van der Waals surface area (Å²) in [5.74, 6) is 1.45. The maximum atomic E-state index is 13.1. The molecule has 0 aromatic heterocycles. The number of nitrogens with zero attached hydrogens (tertiary/aromatic N) is 1. The molecule has 0 radical (unpaired) electrons. The molecule has 0 aliphatic heterocycles. The summed E-state index contributed by atoms with van der Waals surface area (Å²) >= 11 is 4.18. The van der Waals surface area contributed by atoms with E-state index in [0.717, 1.165) is 43.0 Å². The van der Waals surface area contributed by atoms with Crippen LogP contribution < -0.4 is 4.74 Å². The minimum Gasteiger partial charge on any atom is -0.496 e. The van der Waals surface area contributed by atoms with Crippen molar-refractivity contribution in [3.05, 3.63) is 29.6 Å². The first-order valence-electron chi connectivity index (χ1n) is 5.79. The van der Waals surface area contributed by atoms with Crippen LogP contribution in [0.4, 0.5) is 4.39 Å². The fourth-order valence-corrected chi connectivity index (χ4v) is 1.85. The Morgan fingerprint density at radius 1 is 1.35 bits per heavy atom. The highest BCUT2D eigenvalue weighted by Gasteiger charge is 2.06. The highest BCUT2D eigenvalue weighted by atomic mass is 32.1. The van der Waals surface area contributed by atoms with E-state index < -0.39 is 0 Å². The average Bonchev–Trinajstić information content (AvgIpc) is 2.34. The molecule has 0 saturated carbocycles. The molecule has 2 nitrogen and oxygen atoms in total. The Hall–Kier alpha value is -0.740. The molecule has 17 heavy (non-hydrogen) atoms.